The number of fused-ring (bicyclic) bond motifs is 1. The molecule has 168 valence electrons. The zero-order valence-electron chi connectivity index (χ0n) is 18.3. The molecular formula is C25H23N3O4S. The number of carbonyl (C=O) groups is 1. The molecule has 1 amide bonds. The summed E-state index contributed by atoms with van der Waals surface area (Å²) in [7, 11) is 1.61. The minimum Gasteiger partial charge on any atom is -0.493 e. The topological polar surface area (TPSA) is 76.8 Å². The molecule has 4 aromatic rings. The van der Waals surface area contributed by atoms with Gasteiger partial charge in [-0.2, -0.15) is 0 Å². The zero-order chi connectivity index (χ0) is 22.8. The Kier molecular flexibility index (Phi) is 5.75. The molecule has 0 aliphatic carbocycles. The third-order valence-electron chi connectivity index (χ3n) is 5.47. The molecule has 8 heteroatoms. The number of rotatable bonds is 7. The molecular weight excluding hydrogens is 438 g/mol. The Morgan fingerprint density at radius 2 is 2.03 bits per heavy atom. The van der Waals surface area contributed by atoms with Crippen molar-refractivity contribution in [3.63, 3.8) is 0 Å². The van der Waals surface area contributed by atoms with Crippen molar-refractivity contribution in [3.8, 4) is 11.5 Å². The van der Waals surface area contributed by atoms with Crippen LogP contribution < -0.4 is 14.8 Å². The fourth-order valence-electron chi connectivity index (χ4n) is 3.89. The van der Waals surface area contributed by atoms with E-state index in [2.05, 4.69) is 10.3 Å². The van der Waals surface area contributed by atoms with Gasteiger partial charge in [0, 0.05) is 11.1 Å². The van der Waals surface area contributed by atoms with Crippen LogP contribution in [-0.4, -0.2) is 22.9 Å². The van der Waals surface area contributed by atoms with Crippen LogP contribution in [0, 0.1) is 6.92 Å². The molecule has 1 aliphatic heterocycles. The number of methoxy groups -OCH3 is 1. The first-order chi connectivity index (χ1) is 16.1. The van der Waals surface area contributed by atoms with Gasteiger partial charge in [-0.3, -0.25) is 4.79 Å². The van der Waals surface area contributed by atoms with E-state index in [4.69, 9.17) is 13.9 Å². The average molecular weight is 462 g/mol. The van der Waals surface area contributed by atoms with Crippen LogP contribution in [0.25, 0.3) is 0 Å². The Balaban J connectivity index is 1.45. The van der Waals surface area contributed by atoms with E-state index in [1.165, 1.54) is 0 Å². The second-order valence-electron chi connectivity index (χ2n) is 7.66. The van der Waals surface area contributed by atoms with E-state index in [-0.39, 0.29) is 5.91 Å². The summed E-state index contributed by atoms with van der Waals surface area (Å²) < 4.78 is 17.1. The lowest BCUT2D eigenvalue weighted by Gasteiger charge is -2.37. The van der Waals surface area contributed by atoms with Gasteiger partial charge in [-0.25, -0.2) is 4.98 Å². The van der Waals surface area contributed by atoms with E-state index in [9.17, 15) is 4.79 Å². The number of aryl methyl sites for hydroxylation is 1. The predicted molar refractivity (Wildman–Crippen MR) is 126 cm³/mol. The highest BCUT2D eigenvalue weighted by atomic mass is 32.1. The SMILES string of the molecule is COc1cc([C@@H]2Nc3ccccc3C(=O)N2Cc2ccco2)ccc1OCc1csc(C)n1. The summed E-state index contributed by atoms with van der Waals surface area (Å²) in [6, 6.07) is 16.9. The Morgan fingerprint density at radius 3 is 2.79 bits per heavy atom. The Labute approximate surface area is 195 Å². The van der Waals surface area contributed by atoms with Gasteiger partial charge in [0.2, 0.25) is 0 Å². The van der Waals surface area contributed by atoms with Gasteiger partial charge in [0.1, 0.15) is 18.5 Å². The molecule has 0 saturated heterocycles. The highest BCUT2D eigenvalue weighted by molar-refractivity contribution is 7.09. The van der Waals surface area contributed by atoms with E-state index >= 15 is 0 Å². The number of hydrogen-bond donors (Lipinski definition) is 1. The van der Waals surface area contributed by atoms with Crippen LogP contribution in [0.1, 0.15) is 38.5 Å². The molecule has 0 spiro atoms. The quantitative estimate of drug-likeness (QED) is 0.397. The van der Waals surface area contributed by atoms with Gasteiger partial charge in [0.05, 0.1) is 36.2 Å². The summed E-state index contributed by atoms with van der Waals surface area (Å²) in [6.45, 7) is 2.66. The highest BCUT2D eigenvalue weighted by Crippen LogP contribution is 2.38. The molecule has 0 saturated carbocycles. The minimum atomic E-state index is -0.401. The fraction of sp³-hybridized carbons (Fsp3) is 0.200. The number of ether oxygens (including phenoxy) is 2. The number of nitrogens with one attached hydrogen (secondary N) is 1. The molecule has 2 aromatic carbocycles. The molecule has 1 atom stereocenters. The number of hydrogen-bond acceptors (Lipinski definition) is 7. The van der Waals surface area contributed by atoms with Gasteiger partial charge in [-0.1, -0.05) is 18.2 Å². The van der Waals surface area contributed by atoms with Crippen molar-refractivity contribution in [2.45, 2.75) is 26.2 Å². The summed E-state index contributed by atoms with van der Waals surface area (Å²) in [5.41, 5.74) is 3.18. The lowest BCUT2D eigenvalue weighted by Crippen LogP contribution is -2.42. The number of aromatic nitrogens is 1. The number of amides is 1. The summed E-state index contributed by atoms with van der Waals surface area (Å²) in [4.78, 5) is 19.6. The summed E-state index contributed by atoms with van der Waals surface area (Å²) in [5, 5.41) is 6.48. The fourth-order valence-corrected chi connectivity index (χ4v) is 4.49. The van der Waals surface area contributed by atoms with E-state index < -0.39 is 6.17 Å². The van der Waals surface area contributed by atoms with Crippen LogP contribution in [0.3, 0.4) is 0 Å². The maximum absolute atomic E-state index is 13.4. The van der Waals surface area contributed by atoms with E-state index in [1.54, 1.807) is 29.6 Å². The van der Waals surface area contributed by atoms with Crippen molar-refractivity contribution in [3.05, 3.63) is 93.8 Å². The van der Waals surface area contributed by atoms with Gasteiger partial charge in [0.15, 0.2) is 11.5 Å². The number of benzene rings is 2. The summed E-state index contributed by atoms with van der Waals surface area (Å²) in [5.74, 6) is 1.85. The molecule has 5 rings (SSSR count). The molecule has 0 fully saturated rings. The maximum atomic E-state index is 13.4. The molecule has 0 radical (unpaired) electrons. The number of thiazole rings is 1. The third-order valence-corrected chi connectivity index (χ3v) is 6.30. The van der Waals surface area contributed by atoms with E-state index in [0.717, 1.165) is 22.0 Å². The number of nitrogens with zero attached hydrogens (tertiary/aromatic N) is 2. The Bertz CT molecular complexity index is 1270. The third kappa shape index (κ3) is 4.29. The maximum Gasteiger partial charge on any atom is 0.258 e. The minimum absolute atomic E-state index is 0.0658. The van der Waals surface area contributed by atoms with Crippen molar-refractivity contribution in [2.75, 3.05) is 12.4 Å². The first-order valence-corrected chi connectivity index (χ1v) is 11.4. The molecule has 33 heavy (non-hydrogen) atoms. The normalized spacial score (nSPS) is 15.2. The Hall–Kier alpha value is -3.78. The second-order valence-corrected chi connectivity index (χ2v) is 8.72. The molecule has 3 heterocycles. The van der Waals surface area contributed by atoms with Crippen molar-refractivity contribution in [2.24, 2.45) is 0 Å². The number of furan rings is 1. The van der Waals surface area contributed by atoms with Crippen LogP contribution in [0.2, 0.25) is 0 Å². The van der Waals surface area contributed by atoms with Crippen LogP contribution in [-0.2, 0) is 13.2 Å². The van der Waals surface area contributed by atoms with Crippen molar-refractivity contribution in [1.29, 1.82) is 0 Å². The first kappa shape index (κ1) is 21.1. The van der Waals surface area contributed by atoms with Crippen molar-refractivity contribution in [1.82, 2.24) is 9.88 Å². The highest BCUT2D eigenvalue weighted by Gasteiger charge is 2.33. The monoisotopic (exact) mass is 461 g/mol. The van der Waals surface area contributed by atoms with Gasteiger partial charge >= 0.3 is 0 Å². The molecule has 1 aliphatic rings. The van der Waals surface area contributed by atoms with E-state index in [0.29, 0.717) is 36.0 Å². The van der Waals surface area contributed by atoms with Crippen LogP contribution >= 0.6 is 11.3 Å². The first-order valence-electron chi connectivity index (χ1n) is 10.5. The molecule has 0 bridgehead atoms. The van der Waals surface area contributed by atoms with Gasteiger partial charge < -0.3 is 24.1 Å². The average Bonchev–Trinajstić information content (AvgIpc) is 3.51. The second kappa shape index (κ2) is 8.99. The van der Waals surface area contributed by atoms with Crippen LogP contribution in [0.4, 0.5) is 5.69 Å². The lowest BCUT2D eigenvalue weighted by atomic mass is 10.0. The standard InChI is InChI=1S/C25H23N3O4S/c1-16-26-18(15-33-16)14-32-22-10-9-17(12-23(22)30-2)24-27-21-8-4-3-7-20(21)25(29)28(24)13-19-6-5-11-31-19/h3-12,15,24,27H,13-14H2,1-2H3/t24-/m1/s1. The largest absolute Gasteiger partial charge is 0.493 e. The van der Waals surface area contributed by atoms with Crippen LogP contribution in [0.5, 0.6) is 11.5 Å². The summed E-state index contributed by atoms with van der Waals surface area (Å²) >= 11 is 1.59. The van der Waals surface area contributed by atoms with Crippen molar-refractivity contribution < 1.29 is 18.7 Å². The molecule has 2 aromatic heterocycles. The van der Waals surface area contributed by atoms with Gasteiger partial charge in [0.25, 0.3) is 5.91 Å². The van der Waals surface area contributed by atoms with Crippen molar-refractivity contribution >= 4 is 22.9 Å². The number of anilines is 1. The van der Waals surface area contributed by atoms with Crippen LogP contribution in [0.15, 0.2) is 70.7 Å². The lowest BCUT2D eigenvalue weighted by molar-refractivity contribution is 0.0651. The molecule has 7 nitrogen and oxygen atoms in total. The zero-order valence-corrected chi connectivity index (χ0v) is 19.1. The Morgan fingerprint density at radius 1 is 1.15 bits per heavy atom. The molecule has 0 unspecified atom stereocenters. The van der Waals surface area contributed by atoms with Gasteiger partial charge in [-0.05, 0) is 48.9 Å². The molecule has 1 N–H and O–H groups in total. The van der Waals surface area contributed by atoms with Gasteiger partial charge in [-0.15, -0.1) is 11.3 Å². The smallest absolute Gasteiger partial charge is 0.258 e. The van der Waals surface area contributed by atoms with E-state index in [1.807, 2.05) is 66.9 Å². The predicted octanol–water partition coefficient (Wildman–Crippen LogP) is 5.40. The number of carbonyl (C=O) groups excluding carboxylic acids is 1. The summed E-state index contributed by atoms with van der Waals surface area (Å²) in [6.07, 6.45) is 1.21. The number of para-hydroxylation sites is 1.